The molecule has 2 aliphatic rings. The summed E-state index contributed by atoms with van der Waals surface area (Å²) in [6.07, 6.45) is 5.70. The van der Waals surface area contributed by atoms with Crippen LogP contribution in [0.1, 0.15) is 56.2 Å². The topological polar surface area (TPSA) is 94.5 Å². The zero-order valence-corrected chi connectivity index (χ0v) is 15.5. The quantitative estimate of drug-likeness (QED) is 0.869. The normalized spacial score (nSPS) is 20.0. The summed E-state index contributed by atoms with van der Waals surface area (Å²) in [4.78, 5) is 18.8. The van der Waals surface area contributed by atoms with Crippen molar-refractivity contribution in [3.63, 3.8) is 0 Å². The predicted molar refractivity (Wildman–Crippen MR) is 99.1 cm³/mol. The number of nitrogens with two attached hydrogens (primary N) is 1. The van der Waals surface area contributed by atoms with Crippen LogP contribution in [-0.4, -0.2) is 40.6 Å². The van der Waals surface area contributed by atoms with Gasteiger partial charge in [0.05, 0.1) is 5.54 Å². The van der Waals surface area contributed by atoms with Crippen LogP contribution in [0.2, 0.25) is 0 Å². The lowest BCUT2D eigenvalue weighted by molar-refractivity contribution is -0.134. The Morgan fingerprint density at radius 2 is 1.93 bits per heavy atom. The molecule has 1 aromatic heterocycles. The van der Waals surface area contributed by atoms with Crippen LogP contribution >= 0.6 is 0 Å². The molecule has 2 fully saturated rings. The van der Waals surface area contributed by atoms with Crippen molar-refractivity contribution in [1.29, 1.82) is 0 Å². The number of rotatable bonds is 5. The number of amides is 1. The first-order chi connectivity index (χ1) is 13.1. The number of para-hydroxylation sites is 1. The molecular weight excluding hydrogens is 344 g/mol. The zero-order valence-electron chi connectivity index (χ0n) is 15.5. The summed E-state index contributed by atoms with van der Waals surface area (Å²) in [5.74, 6) is 2.21. The molecule has 1 aromatic carbocycles. The third-order valence-corrected chi connectivity index (χ3v) is 5.69. The Hall–Kier alpha value is -2.41. The lowest BCUT2D eigenvalue weighted by atomic mass is 9.96. The van der Waals surface area contributed by atoms with Gasteiger partial charge in [-0.2, -0.15) is 4.98 Å². The molecule has 144 valence electrons. The molecule has 7 nitrogen and oxygen atoms in total. The van der Waals surface area contributed by atoms with Crippen molar-refractivity contribution in [1.82, 2.24) is 15.0 Å². The number of hydrogen-bond acceptors (Lipinski definition) is 6. The number of aromatic nitrogens is 2. The van der Waals surface area contributed by atoms with Crippen LogP contribution in [0.25, 0.3) is 0 Å². The molecule has 2 aromatic rings. The van der Waals surface area contributed by atoms with Gasteiger partial charge in [0.1, 0.15) is 5.75 Å². The maximum absolute atomic E-state index is 12.4. The van der Waals surface area contributed by atoms with Crippen LogP contribution in [0, 0.1) is 0 Å². The molecule has 0 spiro atoms. The van der Waals surface area contributed by atoms with Gasteiger partial charge in [-0.25, -0.2) is 0 Å². The number of hydrogen-bond donors (Lipinski definition) is 1. The van der Waals surface area contributed by atoms with Crippen molar-refractivity contribution in [2.24, 2.45) is 5.73 Å². The van der Waals surface area contributed by atoms with E-state index in [4.69, 9.17) is 15.0 Å². The smallest absolute Gasteiger partial charge is 0.260 e. The molecule has 0 unspecified atom stereocenters. The monoisotopic (exact) mass is 370 g/mol. The van der Waals surface area contributed by atoms with Crippen LogP contribution in [0.3, 0.4) is 0 Å². The highest BCUT2D eigenvalue weighted by atomic mass is 16.5. The summed E-state index contributed by atoms with van der Waals surface area (Å²) < 4.78 is 11.1. The van der Waals surface area contributed by atoms with Gasteiger partial charge in [-0.05, 0) is 37.8 Å². The summed E-state index contributed by atoms with van der Waals surface area (Å²) in [7, 11) is 0. The molecule has 0 radical (unpaired) electrons. The van der Waals surface area contributed by atoms with E-state index < -0.39 is 5.54 Å². The van der Waals surface area contributed by atoms with Gasteiger partial charge in [-0.15, -0.1) is 0 Å². The standard InChI is InChI=1S/C20H26N4O3/c21-20(10-4-5-11-20)19-22-18(27-23-19)15-8-12-24(13-9-15)17(25)14-26-16-6-2-1-3-7-16/h1-3,6-7,15H,4-5,8-14,21H2. The van der Waals surface area contributed by atoms with E-state index in [-0.39, 0.29) is 18.4 Å². The zero-order chi connectivity index (χ0) is 18.7. The lowest BCUT2D eigenvalue weighted by Gasteiger charge is -2.30. The van der Waals surface area contributed by atoms with Crippen molar-refractivity contribution < 1.29 is 14.1 Å². The molecule has 1 saturated heterocycles. The fourth-order valence-electron chi connectivity index (χ4n) is 3.96. The Kier molecular flexibility index (Phi) is 5.11. The highest BCUT2D eigenvalue weighted by Gasteiger charge is 2.37. The van der Waals surface area contributed by atoms with Gasteiger partial charge in [0.2, 0.25) is 5.89 Å². The van der Waals surface area contributed by atoms with Crippen LogP contribution in [0.4, 0.5) is 0 Å². The molecule has 27 heavy (non-hydrogen) atoms. The second kappa shape index (κ2) is 7.68. The van der Waals surface area contributed by atoms with E-state index in [9.17, 15) is 4.79 Å². The number of carbonyl (C=O) groups excluding carboxylic acids is 1. The van der Waals surface area contributed by atoms with Crippen molar-refractivity contribution >= 4 is 5.91 Å². The summed E-state index contributed by atoms with van der Waals surface area (Å²) in [6, 6.07) is 9.39. The van der Waals surface area contributed by atoms with Gasteiger partial charge in [-0.1, -0.05) is 36.2 Å². The van der Waals surface area contributed by atoms with E-state index in [0.717, 1.165) is 38.5 Å². The van der Waals surface area contributed by atoms with E-state index in [0.29, 0.717) is 30.6 Å². The van der Waals surface area contributed by atoms with Crippen LogP contribution in [0.15, 0.2) is 34.9 Å². The molecule has 0 bridgehead atoms. The average Bonchev–Trinajstić information content (AvgIpc) is 3.37. The summed E-state index contributed by atoms with van der Waals surface area (Å²) in [5.41, 5.74) is 5.99. The molecular formula is C20H26N4O3. The van der Waals surface area contributed by atoms with E-state index in [1.54, 1.807) is 0 Å². The number of benzene rings is 1. The Bertz CT molecular complexity index is 763. The summed E-state index contributed by atoms with van der Waals surface area (Å²) in [5, 5.41) is 4.15. The molecule has 1 aliphatic heterocycles. The Labute approximate surface area is 158 Å². The first-order valence-electron chi connectivity index (χ1n) is 9.73. The van der Waals surface area contributed by atoms with Gasteiger partial charge < -0.3 is 19.9 Å². The minimum atomic E-state index is -0.423. The van der Waals surface area contributed by atoms with Crippen LogP contribution < -0.4 is 10.5 Å². The van der Waals surface area contributed by atoms with E-state index >= 15 is 0 Å². The summed E-state index contributed by atoms with van der Waals surface area (Å²) >= 11 is 0. The second-order valence-electron chi connectivity index (χ2n) is 7.58. The van der Waals surface area contributed by atoms with E-state index in [1.807, 2.05) is 35.2 Å². The van der Waals surface area contributed by atoms with Crippen molar-refractivity contribution in [3.8, 4) is 5.75 Å². The largest absolute Gasteiger partial charge is 0.484 e. The highest BCUT2D eigenvalue weighted by Crippen LogP contribution is 2.36. The van der Waals surface area contributed by atoms with Gasteiger partial charge in [0.25, 0.3) is 5.91 Å². The van der Waals surface area contributed by atoms with Crippen LogP contribution in [0.5, 0.6) is 5.75 Å². The van der Waals surface area contributed by atoms with E-state index in [2.05, 4.69) is 10.1 Å². The molecule has 1 saturated carbocycles. The fourth-order valence-corrected chi connectivity index (χ4v) is 3.96. The molecule has 1 aliphatic carbocycles. The maximum atomic E-state index is 12.4. The third kappa shape index (κ3) is 3.98. The number of ether oxygens (including phenoxy) is 1. The molecule has 2 heterocycles. The highest BCUT2D eigenvalue weighted by molar-refractivity contribution is 5.77. The minimum absolute atomic E-state index is 0.00962. The average molecular weight is 370 g/mol. The number of nitrogens with zero attached hydrogens (tertiary/aromatic N) is 3. The number of likely N-dealkylation sites (tertiary alicyclic amines) is 1. The first kappa shape index (κ1) is 18.0. The Balaban J connectivity index is 1.29. The van der Waals surface area contributed by atoms with Gasteiger partial charge in [0.15, 0.2) is 12.4 Å². The fraction of sp³-hybridized carbons (Fsp3) is 0.550. The second-order valence-corrected chi connectivity index (χ2v) is 7.58. The molecule has 4 rings (SSSR count). The predicted octanol–water partition coefficient (Wildman–Crippen LogP) is 2.58. The van der Waals surface area contributed by atoms with Gasteiger partial charge in [-0.3, -0.25) is 4.79 Å². The third-order valence-electron chi connectivity index (χ3n) is 5.69. The van der Waals surface area contributed by atoms with Gasteiger partial charge >= 0.3 is 0 Å². The van der Waals surface area contributed by atoms with Crippen molar-refractivity contribution in [3.05, 3.63) is 42.0 Å². The maximum Gasteiger partial charge on any atom is 0.260 e. The minimum Gasteiger partial charge on any atom is -0.484 e. The molecule has 7 heteroatoms. The van der Waals surface area contributed by atoms with E-state index in [1.165, 1.54) is 0 Å². The number of piperidine rings is 1. The van der Waals surface area contributed by atoms with Gasteiger partial charge in [0, 0.05) is 19.0 Å². The van der Waals surface area contributed by atoms with Crippen LogP contribution in [-0.2, 0) is 10.3 Å². The Morgan fingerprint density at radius 1 is 1.22 bits per heavy atom. The SMILES string of the molecule is NC1(c2noc(C3CCN(C(=O)COc4ccccc4)CC3)n2)CCCC1. The number of carbonyl (C=O) groups is 1. The Morgan fingerprint density at radius 3 is 2.63 bits per heavy atom. The first-order valence-corrected chi connectivity index (χ1v) is 9.73. The lowest BCUT2D eigenvalue weighted by Crippen LogP contribution is -2.40. The summed E-state index contributed by atoms with van der Waals surface area (Å²) in [6.45, 7) is 1.41. The van der Waals surface area contributed by atoms with Crippen molar-refractivity contribution in [2.45, 2.75) is 50.0 Å². The van der Waals surface area contributed by atoms with Crippen molar-refractivity contribution in [2.75, 3.05) is 19.7 Å². The molecule has 2 N–H and O–H groups in total. The molecule has 1 amide bonds. The molecule has 0 atom stereocenters.